The Labute approximate surface area is 199 Å². The van der Waals surface area contributed by atoms with Gasteiger partial charge in [-0.25, -0.2) is 0 Å². The van der Waals surface area contributed by atoms with Crippen molar-refractivity contribution < 1.29 is 19.1 Å². The summed E-state index contributed by atoms with van der Waals surface area (Å²) in [7, 11) is 0. The van der Waals surface area contributed by atoms with Crippen LogP contribution in [-0.2, 0) is 4.79 Å². The molecule has 0 spiro atoms. The Morgan fingerprint density at radius 1 is 1.00 bits per heavy atom. The lowest BCUT2D eigenvalue weighted by Gasteiger charge is -2.28. The summed E-state index contributed by atoms with van der Waals surface area (Å²) in [6.45, 7) is 1.78. The zero-order valence-electron chi connectivity index (χ0n) is 17.4. The number of benzene rings is 3. The van der Waals surface area contributed by atoms with Gasteiger partial charge in [-0.05, 0) is 54.4 Å². The number of halogens is 2. The van der Waals surface area contributed by atoms with E-state index in [2.05, 4.69) is 0 Å². The number of furan rings is 1. The van der Waals surface area contributed by atoms with Crippen LogP contribution in [0.1, 0.15) is 27.7 Å². The first-order valence-corrected chi connectivity index (χ1v) is 10.9. The molecule has 1 aliphatic rings. The van der Waals surface area contributed by atoms with Crippen molar-refractivity contribution in [1.29, 1.82) is 0 Å². The number of fused-ring (bicyclic) bond motifs is 1. The predicted octanol–water partition coefficient (Wildman–Crippen LogP) is 6.83. The summed E-state index contributed by atoms with van der Waals surface area (Å²) < 4.78 is 5.74. The molecule has 5 nitrogen and oxygen atoms in total. The predicted molar refractivity (Wildman–Crippen MR) is 128 cm³/mol. The van der Waals surface area contributed by atoms with Gasteiger partial charge >= 0.3 is 0 Å². The average Bonchev–Trinajstić information content (AvgIpc) is 3.34. The second-order valence-electron chi connectivity index (χ2n) is 7.76. The number of rotatable bonds is 4. The second kappa shape index (κ2) is 8.10. The molecule has 4 aromatic rings. The van der Waals surface area contributed by atoms with Gasteiger partial charge in [-0.2, -0.15) is 0 Å². The number of aliphatic hydroxyl groups excluding tert-OH is 1. The topological polar surface area (TPSA) is 70.8 Å². The highest BCUT2D eigenvalue weighted by atomic mass is 35.5. The van der Waals surface area contributed by atoms with Gasteiger partial charge < -0.3 is 9.52 Å². The maximum Gasteiger partial charge on any atom is 0.294 e. The van der Waals surface area contributed by atoms with Crippen LogP contribution in [0.4, 0.5) is 5.69 Å². The first kappa shape index (κ1) is 21.3. The summed E-state index contributed by atoms with van der Waals surface area (Å²) in [5.74, 6) is -1.88. The van der Waals surface area contributed by atoms with Crippen molar-refractivity contribution in [3.05, 3.63) is 111 Å². The van der Waals surface area contributed by atoms with Gasteiger partial charge in [0.1, 0.15) is 5.58 Å². The van der Waals surface area contributed by atoms with E-state index in [0.717, 1.165) is 0 Å². The van der Waals surface area contributed by atoms with Crippen LogP contribution in [0, 0.1) is 6.92 Å². The number of nitrogens with zero attached hydrogens (tertiary/aromatic N) is 1. The largest absolute Gasteiger partial charge is 0.503 e. The molecule has 0 saturated heterocycles. The normalized spacial score (nSPS) is 16.2. The molecular formula is C26H17Cl2NO4. The Bertz CT molecular complexity index is 1460. The Hall–Kier alpha value is -3.54. The number of ketones is 1. The molecule has 164 valence electrons. The summed E-state index contributed by atoms with van der Waals surface area (Å²) >= 11 is 12.4. The van der Waals surface area contributed by atoms with E-state index in [1.54, 1.807) is 61.5 Å². The van der Waals surface area contributed by atoms with Crippen LogP contribution in [0.2, 0.25) is 10.0 Å². The van der Waals surface area contributed by atoms with Crippen molar-refractivity contribution in [2.45, 2.75) is 13.0 Å². The van der Waals surface area contributed by atoms with Crippen molar-refractivity contribution in [3.63, 3.8) is 0 Å². The van der Waals surface area contributed by atoms with Gasteiger partial charge in [0.2, 0.25) is 5.78 Å². The van der Waals surface area contributed by atoms with Gasteiger partial charge in [-0.1, -0.05) is 59.6 Å². The fourth-order valence-corrected chi connectivity index (χ4v) is 4.50. The molecule has 1 atom stereocenters. The maximum atomic E-state index is 13.6. The minimum absolute atomic E-state index is 0.00668. The average molecular weight is 478 g/mol. The van der Waals surface area contributed by atoms with Gasteiger partial charge in [0, 0.05) is 21.1 Å². The Morgan fingerprint density at radius 3 is 2.52 bits per heavy atom. The van der Waals surface area contributed by atoms with Gasteiger partial charge in [0.15, 0.2) is 11.5 Å². The van der Waals surface area contributed by atoms with Crippen molar-refractivity contribution >= 4 is 51.5 Å². The molecule has 1 aromatic heterocycles. The van der Waals surface area contributed by atoms with Crippen LogP contribution >= 0.6 is 23.2 Å². The first-order chi connectivity index (χ1) is 15.9. The molecule has 7 heteroatoms. The molecule has 1 aliphatic heterocycles. The monoisotopic (exact) mass is 477 g/mol. The number of carbonyl (C=O) groups excluding carboxylic acids is 2. The van der Waals surface area contributed by atoms with Crippen molar-refractivity contribution in [2.24, 2.45) is 0 Å². The fourth-order valence-electron chi connectivity index (χ4n) is 4.15. The first-order valence-electron chi connectivity index (χ1n) is 10.2. The molecule has 1 N–H and O–H groups in total. The molecule has 1 amide bonds. The molecule has 5 rings (SSSR count). The lowest BCUT2D eigenvalue weighted by molar-refractivity contribution is -0.117. The minimum Gasteiger partial charge on any atom is -0.503 e. The van der Waals surface area contributed by atoms with E-state index >= 15 is 0 Å². The van der Waals surface area contributed by atoms with Crippen LogP contribution in [0.5, 0.6) is 0 Å². The van der Waals surface area contributed by atoms with Crippen molar-refractivity contribution in [3.8, 4) is 0 Å². The van der Waals surface area contributed by atoms with E-state index in [9.17, 15) is 14.7 Å². The molecule has 3 aromatic carbocycles. The third-order valence-electron chi connectivity index (χ3n) is 5.77. The molecule has 2 heterocycles. The highest BCUT2D eigenvalue weighted by molar-refractivity contribution is 6.32. The zero-order valence-corrected chi connectivity index (χ0v) is 18.9. The highest BCUT2D eigenvalue weighted by Crippen LogP contribution is 2.44. The van der Waals surface area contributed by atoms with Crippen molar-refractivity contribution in [1.82, 2.24) is 0 Å². The highest BCUT2D eigenvalue weighted by Gasteiger charge is 2.45. The number of hydrogen-bond acceptors (Lipinski definition) is 4. The molecule has 0 bridgehead atoms. The molecule has 1 unspecified atom stereocenters. The van der Waals surface area contributed by atoms with E-state index in [4.69, 9.17) is 27.6 Å². The third kappa shape index (κ3) is 3.50. The SMILES string of the molecule is Cc1c(Cl)cccc1N1C(=O)C(O)=C(C(=O)c2cc3cc(Cl)ccc3o2)C1c1ccccc1. The lowest BCUT2D eigenvalue weighted by atomic mass is 9.94. The smallest absolute Gasteiger partial charge is 0.294 e. The van der Waals surface area contributed by atoms with E-state index in [-0.39, 0.29) is 11.3 Å². The Morgan fingerprint density at radius 2 is 1.76 bits per heavy atom. The summed E-state index contributed by atoms with van der Waals surface area (Å²) in [6, 6.07) is 19.9. The summed E-state index contributed by atoms with van der Waals surface area (Å²) in [6.07, 6.45) is 0. The number of carbonyl (C=O) groups is 2. The van der Waals surface area contributed by atoms with Gasteiger partial charge in [0.05, 0.1) is 11.6 Å². The number of hydrogen-bond donors (Lipinski definition) is 1. The lowest BCUT2D eigenvalue weighted by Crippen LogP contribution is -2.31. The van der Waals surface area contributed by atoms with Gasteiger partial charge in [-0.3, -0.25) is 14.5 Å². The molecule has 0 saturated carbocycles. The minimum atomic E-state index is -0.861. The van der Waals surface area contributed by atoms with Crippen LogP contribution in [0.15, 0.2) is 88.5 Å². The second-order valence-corrected chi connectivity index (χ2v) is 8.60. The standard InChI is InChI=1S/C26H17Cl2NO4/c1-14-18(28)8-5-9-19(14)29-23(15-6-3-2-4-7-15)22(25(31)26(29)32)24(30)21-13-16-12-17(27)10-11-20(16)33-21/h2-13,23,31H,1H3. The van der Waals surface area contributed by atoms with Crippen molar-refractivity contribution in [2.75, 3.05) is 4.90 Å². The van der Waals surface area contributed by atoms with E-state index in [1.807, 2.05) is 18.2 Å². The number of aliphatic hydroxyl groups is 1. The molecule has 0 radical (unpaired) electrons. The number of anilines is 1. The quantitative estimate of drug-likeness (QED) is 0.327. The summed E-state index contributed by atoms with van der Waals surface area (Å²) in [4.78, 5) is 28.3. The Kier molecular flexibility index (Phi) is 5.23. The van der Waals surface area contributed by atoms with E-state index in [1.165, 1.54) is 4.90 Å². The van der Waals surface area contributed by atoms with Gasteiger partial charge in [-0.15, -0.1) is 0 Å². The fraction of sp³-hybridized carbons (Fsp3) is 0.0769. The van der Waals surface area contributed by atoms with E-state index in [0.29, 0.717) is 37.8 Å². The summed E-state index contributed by atoms with van der Waals surface area (Å²) in [5, 5.41) is 12.5. The molecular weight excluding hydrogens is 461 g/mol. The van der Waals surface area contributed by atoms with Crippen LogP contribution in [0.25, 0.3) is 11.0 Å². The molecule has 0 fully saturated rings. The maximum absolute atomic E-state index is 13.6. The molecule has 0 aliphatic carbocycles. The third-order valence-corrected chi connectivity index (χ3v) is 6.41. The Balaban J connectivity index is 1.68. The van der Waals surface area contributed by atoms with Gasteiger partial charge in [0.25, 0.3) is 5.91 Å². The number of Topliss-reactive ketones (excluding diaryl/α,β-unsaturated/α-hetero) is 1. The molecule has 33 heavy (non-hydrogen) atoms. The number of amides is 1. The van der Waals surface area contributed by atoms with Crippen LogP contribution in [-0.4, -0.2) is 16.8 Å². The zero-order chi connectivity index (χ0) is 23.3. The van der Waals surface area contributed by atoms with E-state index < -0.39 is 23.5 Å². The van der Waals surface area contributed by atoms with Crippen LogP contribution in [0.3, 0.4) is 0 Å². The summed E-state index contributed by atoms with van der Waals surface area (Å²) in [5.41, 5.74) is 2.25. The van der Waals surface area contributed by atoms with Crippen LogP contribution < -0.4 is 4.90 Å².